The summed E-state index contributed by atoms with van der Waals surface area (Å²) in [7, 11) is 0. The lowest BCUT2D eigenvalue weighted by Crippen LogP contribution is -2.30. The lowest BCUT2D eigenvalue weighted by Gasteiger charge is -2.22. The van der Waals surface area contributed by atoms with E-state index in [1.54, 1.807) is 11.3 Å². The van der Waals surface area contributed by atoms with Crippen molar-refractivity contribution < 1.29 is 4.79 Å². The normalized spacial score (nSPS) is 18.5. The third-order valence-electron chi connectivity index (χ3n) is 4.01. The van der Waals surface area contributed by atoms with E-state index >= 15 is 0 Å². The van der Waals surface area contributed by atoms with Crippen molar-refractivity contribution in [3.05, 3.63) is 52.5 Å². The van der Waals surface area contributed by atoms with Gasteiger partial charge in [-0.1, -0.05) is 12.1 Å². The smallest absolute Gasteiger partial charge is 0.255 e. The zero-order chi connectivity index (χ0) is 14.2. The number of fused-ring (bicyclic) bond motifs is 1. The van der Waals surface area contributed by atoms with E-state index in [4.69, 9.17) is 0 Å². The van der Waals surface area contributed by atoms with Gasteiger partial charge in [-0.3, -0.25) is 4.79 Å². The SMILES string of the molecule is O=C(c1ccsc1)N1CCC[C@H]1c1nc2ccccc2[nH]1. The molecule has 0 bridgehead atoms. The number of H-pyrrole nitrogens is 1. The van der Waals surface area contributed by atoms with Gasteiger partial charge in [0.1, 0.15) is 5.82 Å². The summed E-state index contributed by atoms with van der Waals surface area (Å²) in [4.78, 5) is 22.6. The van der Waals surface area contributed by atoms with E-state index in [-0.39, 0.29) is 11.9 Å². The molecule has 1 aromatic carbocycles. The van der Waals surface area contributed by atoms with E-state index < -0.39 is 0 Å². The molecular formula is C16H15N3OS. The fourth-order valence-corrected chi connectivity index (χ4v) is 3.61. The molecule has 0 radical (unpaired) electrons. The Morgan fingerprint density at radius 2 is 2.24 bits per heavy atom. The first-order chi connectivity index (χ1) is 10.3. The highest BCUT2D eigenvalue weighted by Gasteiger charge is 2.32. The second-order valence-electron chi connectivity index (χ2n) is 5.31. The Morgan fingerprint density at radius 1 is 1.33 bits per heavy atom. The maximum atomic E-state index is 12.6. The number of carbonyl (C=O) groups is 1. The van der Waals surface area contributed by atoms with Crippen molar-refractivity contribution in [2.24, 2.45) is 0 Å². The molecule has 3 aromatic rings. The third-order valence-corrected chi connectivity index (χ3v) is 4.69. The Balaban J connectivity index is 1.68. The Bertz CT molecular complexity index is 745. The number of imidazole rings is 1. The molecule has 21 heavy (non-hydrogen) atoms. The van der Waals surface area contributed by atoms with E-state index in [9.17, 15) is 4.79 Å². The van der Waals surface area contributed by atoms with Crippen LogP contribution < -0.4 is 0 Å². The van der Waals surface area contributed by atoms with Crippen LogP contribution in [0.5, 0.6) is 0 Å². The highest BCUT2D eigenvalue weighted by molar-refractivity contribution is 7.08. The van der Waals surface area contributed by atoms with Crippen molar-refractivity contribution in [2.45, 2.75) is 18.9 Å². The number of carbonyl (C=O) groups excluding carboxylic acids is 1. The van der Waals surface area contributed by atoms with Gasteiger partial charge in [0.25, 0.3) is 5.91 Å². The van der Waals surface area contributed by atoms with Crippen molar-refractivity contribution in [3.63, 3.8) is 0 Å². The lowest BCUT2D eigenvalue weighted by molar-refractivity contribution is 0.0731. The zero-order valence-electron chi connectivity index (χ0n) is 11.5. The van der Waals surface area contributed by atoms with Gasteiger partial charge in [0, 0.05) is 11.9 Å². The summed E-state index contributed by atoms with van der Waals surface area (Å²) < 4.78 is 0. The number of thiophene rings is 1. The third kappa shape index (κ3) is 2.14. The maximum Gasteiger partial charge on any atom is 0.255 e. The molecule has 5 heteroatoms. The summed E-state index contributed by atoms with van der Waals surface area (Å²) >= 11 is 1.56. The molecule has 1 aliphatic rings. The van der Waals surface area contributed by atoms with Gasteiger partial charge in [-0.05, 0) is 36.4 Å². The number of aromatic nitrogens is 2. The van der Waals surface area contributed by atoms with Gasteiger partial charge in [-0.15, -0.1) is 0 Å². The van der Waals surface area contributed by atoms with Crippen LogP contribution in [0.15, 0.2) is 41.1 Å². The minimum Gasteiger partial charge on any atom is -0.340 e. The largest absolute Gasteiger partial charge is 0.340 e. The number of amides is 1. The van der Waals surface area contributed by atoms with Crippen LogP contribution in [0, 0.1) is 0 Å². The van der Waals surface area contributed by atoms with E-state index in [2.05, 4.69) is 9.97 Å². The number of hydrogen-bond donors (Lipinski definition) is 1. The predicted octanol–water partition coefficient (Wildman–Crippen LogP) is 3.60. The molecule has 1 aliphatic heterocycles. The number of nitrogens with zero attached hydrogens (tertiary/aromatic N) is 2. The number of nitrogens with one attached hydrogen (secondary N) is 1. The van der Waals surface area contributed by atoms with Crippen molar-refractivity contribution >= 4 is 28.3 Å². The van der Waals surface area contributed by atoms with E-state index in [0.717, 1.165) is 41.8 Å². The summed E-state index contributed by atoms with van der Waals surface area (Å²) in [5.74, 6) is 1.01. The zero-order valence-corrected chi connectivity index (χ0v) is 12.3. The summed E-state index contributed by atoms with van der Waals surface area (Å²) in [6.45, 7) is 0.802. The van der Waals surface area contributed by atoms with Crippen LogP contribution in [-0.4, -0.2) is 27.3 Å². The molecule has 106 valence electrons. The first-order valence-electron chi connectivity index (χ1n) is 7.11. The van der Waals surface area contributed by atoms with Gasteiger partial charge < -0.3 is 9.88 Å². The first kappa shape index (κ1) is 12.6. The molecule has 0 saturated carbocycles. The van der Waals surface area contributed by atoms with E-state index in [1.807, 2.05) is 46.0 Å². The first-order valence-corrected chi connectivity index (χ1v) is 8.05. The van der Waals surface area contributed by atoms with Gasteiger partial charge in [0.2, 0.25) is 0 Å². The number of para-hydroxylation sites is 2. The number of hydrogen-bond acceptors (Lipinski definition) is 3. The Morgan fingerprint density at radius 3 is 3.05 bits per heavy atom. The molecule has 1 N–H and O–H groups in total. The number of benzene rings is 1. The van der Waals surface area contributed by atoms with Crippen molar-refractivity contribution in [3.8, 4) is 0 Å². The van der Waals surface area contributed by atoms with Gasteiger partial charge in [-0.2, -0.15) is 11.3 Å². The van der Waals surface area contributed by atoms with Crippen LogP contribution in [0.25, 0.3) is 11.0 Å². The number of rotatable bonds is 2. The molecule has 0 aliphatic carbocycles. The van der Waals surface area contributed by atoms with Gasteiger partial charge >= 0.3 is 0 Å². The maximum absolute atomic E-state index is 12.6. The fourth-order valence-electron chi connectivity index (χ4n) is 2.98. The predicted molar refractivity (Wildman–Crippen MR) is 83.4 cm³/mol. The standard InChI is InChI=1S/C16H15N3OS/c20-16(11-7-9-21-10-11)19-8-3-6-14(19)15-17-12-4-1-2-5-13(12)18-15/h1-2,4-5,7,9-10,14H,3,6,8H2,(H,17,18)/t14-/m0/s1. The molecule has 4 rings (SSSR count). The Kier molecular flexibility index (Phi) is 3.00. The molecule has 1 amide bonds. The van der Waals surface area contributed by atoms with E-state index in [0.29, 0.717) is 0 Å². The molecule has 1 fully saturated rings. The Hall–Kier alpha value is -2.14. The molecule has 1 atom stereocenters. The summed E-state index contributed by atoms with van der Waals surface area (Å²) in [6.07, 6.45) is 1.99. The van der Waals surface area contributed by atoms with Crippen molar-refractivity contribution in [2.75, 3.05) is 6.54 Å². The van der Waals surface area contributed by atoms with Crippen LogP contribution in [-0.2, 0) is 0 Å². The quantitative estimate of drug-likeness (QED) is 0.785. The topological polar surface area (TPSA) is 49.0 Å². The monoisotopic (exact) mass is 297 g/mol. The van der Waals surface area contributed by atoms with Crippen molar-refractivity contribution in [1.29, 1.82) is 0 Å². The Labute approximate surface area is 126 Å². The molecule has 1 saturated heterocycles. The second kappa shape index (κ2) is 5.00. The van der Waals surface area contributed by atoms with E-state index in [1.165, 1.54) is 0 Å². The molecule has 2 aromatic heterocycles. The highest BCUT2D eigenvalue weighted by atomic mass is 32.1. The second-order valence-corrected chi connectivity index (χ2v) is 6.09. The van der Waals surface area contributed by atoms with Gasteiger partial charge in [0.15, 0.2) is 0 Å². The van der Waals surface area contributed by atoms with Gasteiger partial charge in [-0.25, -0.2) is 4.98 Å². The van der Waals surface area contributed by atoms with Crippen LogP contribution in [0.3, 0.4) is 0 Å². The van der Waals surface area contributed by atoms with Crippen LogP contribution in [0.4, 0.5) is 0 Å². The highest BCUT2D eigenvalue weighted by Crippen LogP contribution is 2.32. The summed E-state index contributed by atoms with van der Waals surface area (Å²) in [5.41, 5.74) is 2.77. The average Bonchev–Trinajstić information content (AvgIpc) is 3.24. The lowest BCUT2D eigenvalue weighted by atomic mass is 10.2. The van der Waals surface area contributed by atoms with Gasteiger partial charge in [0.05, 0.1) is 22.6 Å². The van der Waals surface area contributed by atoms with Crippen LogP contribution in [0.1, 0.15) is 35.1 Å². The van der Waals surface area contributed by atoms with Crippen LogP contribution >= 0.6 is 11.3 Å². The minimum atomic E-state index is 0.0600. The van der Waals surface area contributed by atoms with Crippen LogP contribution in [0.2, 0.25) is 0 Å². The summed E-state index contributed by atoms with van der Waals surface area (Å²) in [6, 6.07) is 9.94. The molecule has 4 nitrogen and oxygen atoms in total. The molecular weight excluding hydrogens is 282 g/mol. The molecule has 0 spiro atoms. The van der Waals surface area contributed by atoms with Crippen molar-refractivity contribution in [1.82, 2.24) is 14.9 Å². The number of aromatic amines is 1. The summed E-state index contributed by atoms with van der Waals surface area (Å²) in [5, 5.41) is 3.86. The minimum absolute atomic E-state index is 0.0600. The average molecular weight is 297 g/mol. The number of likely N-dealkylation sites (tertiary alicyclic amines) is 1. The molecule has 0 unspecified atom stereocenters. The fraction of sp³-hybridized carbons (Fsp3) is 0.250. The molecule has 3 heterocycles.